The lowest BCUT2D eigenvalue weighted by atomic mass is 10.4. The highest BCUT2D eigenvalue weighted by Crippen LogP contribution is 2.58. The summed E-state index contributed by atoms with van der Waals surface area (Å²) < 4.78 is -0.389. The zero-order chi connectivity index (χ0) is 5.65. The van der Waals surface area contributed by atoms with Crippen molar-refractivity contribution in [2.75, 3.05) is 0 Å². The van der Waals surface area contributed by atoms with Crippen LogP contribution in [0.2, 0.25) is 0 Å². The summed E-state index contributed by atoms with van der Waals surface area (Å²) >= 11 is 11.4. The molecule has 0 aromatic carbocycles. The van der Waals surface area contributed by atoms with Crippen molar-refractivity contribution in [1.82, 2.24) is 0 Å². The van der Waals surface area contributed by atoms with Crippen molar-refractivity contribution in [3.63, 3.8) is 0 Å². The van der Waals surface area contributed by atoms with Crippen LogP contribution in [0.5, 0.6) is 0 Å². The zero-order valence-electron chi connectivity index (χ0n) is 4.41. The Morgan fingerprint density at radius 3 is 1.29 bits per heavy atom. The van der Waals surface area contributed by atoms with Gasteiger partial charge in [-0.3, -0.25) is 0 Å². The van der Waals surface area contributed by atoms with Crippen molar-refractivity contribution in [2.45, 2.75) is 18.2 Å². The fraction of sp³-hybridized carbons (Fsp3) is 1.00. The number of hydrogen-bond donors (Lipinski definition) is 0. The minimum Gasteiger partial charge on any atom is -0.101 e. The number of alkyl halides is 2. The molecule has 42 valence electrons. The minimum absolute atomic E-state index is 0.389. The SMILES string of the molecule is C[C@@H]1[C@H](C)C1(Cl)Cl. The largest absolute Gasteiger partial charge is 0.124 e. The van der Waals surface area contributed by atoms with Crippen LogP contribution < -0.4 is 0 Å². The standard InChI is InChI=1S/C5H8Cl2/c1-3-4(2)5(3,6)7/h3-4H,1-2H3/t3-,4+. The van der Waals surface area contributed by atoms with Crippen LogP contribution in [0.15, 0.2) is 0 Å². The molecule has 0 N–H and O–H groups in total. The second-order valence-electron chi connectivity index (χ2n) is 2.25. The molecule has 0 saturated heterocycles. The van der Waals surface area contributed by atoms with Crippen molar-refractivity contribution >= 4 is 23.2 Å². The summed E-state index contributed by atoms with van der Waals surface area (Å²) in [5, 5.41) is 0. The molecule has 1 aliphatic carbocycles. The summed E-state index contributed by atoms with van der Waals surface area (Å²) in [6, 6.07) is 0. The quantitative estimate of drug-likeness (QED) is 0.452. The molecule has 0 nitrogen and oxygen atoms in total. The highest BCUT2D eigenvalue weighted by Gasteiger charge is 2.56. The molecule has 2 heteroatoms. The van der Waals surface area contributed by atoms with Gasteiger partial charge >= 0.3 is 0 Å². The van der Waals surface area contributed by atoms with Crippen LogP contribution in [0.25, 0.3) is 0 Å². The molecule has 1 rings (SSSR count). The lowest BCUT2D eigenvalue weighted by Crippen LogP contribution is -1.85. The van der Waals surface area contributed by atoms with E-state index >= 15 is 0 Å². The molecule has 2 atom stereocenters. The van der Waals surface area contributed by atoms with E-state index in [1.165, 1.54) is 0 Å². The molecular weight excluding hydrogens is 131 g/mol. The van der Waals surface area contributed by atoms with Gasteiger partial charge in [-0.05, 0) is 11.8 Å². The molecule has 0 spiro atoms. The van der Waals surface area contributed by atoms with E-state index in [1.807, 2.05) is 0 Å². The Hall–Kier alpha value is 0.580. The first-order valence-electron chi connectivity index (χ1n) is 2.44. The highest BCUT2D eigenvalue weighted by molar-refractivity contribution is 6.51. The summed E-state index contributed by atoms with van der Waals surface area (Å²) in [6.07, 6.45) is 0. The van der Waals surface area contributed by atoms with Crippen molar-refractivity contribution < 1.29 is 0 Å². The van der Waals surface area contributed by atoms with Crippen LogP contribution in [0.3, 0.4) is 0 Å². The van der Waals surface area contributed by atoms with Gasteiger partial charge in [0.2, 0.25) is 0 Å². The van der Waals surface area contributed by atoms with Crippen LogP contribution in [0.4, 0.5) is 0 Å². The fourth-order valence-corrected chi connectivity index (χ4v) is 1.30. The van der Waals surface area contributed by atoms with E-state index in [2.05, 4.69) is 13.8 Å². The van der Waals surface area contributed by atoms with E-state index in [1.54, 1.807) is 0 Å². The van der Waals surface area contributed by atoms with Crippen molar-refractivity contribution in [3.8, 4) is 0 Å². The average Bonchev–Trinajstić information content (AvgIpc) is 1.91. The molecule has 0 bridgehead atoms. The van der Waals surface area contributed by atoms with Gasteiger partial charge in [0, 0.05) is 0 Å². The van der Waals surface area contributed by atoms with Gasteiger partial charge in [-0.15, -0.1) is 23.2 Å². The molecule has 0 heterocycles. The number of hydrogen-bond acceptors (Lipinski definition) is 0. The average molecular weight is 139 g/mol. The topological polar surface area (TPSA) is 0 Å². The van der Waals surface area contributed by atoms with E-state index in [-0.39, 0.29) is 4.33 Å². The summed E-state index contributed by atoms with van der Waals surface area (Å²) in [5.41, 5.74) is 0. The predicted molar refractivity (Wildman–Crippen MR) is 32.8 cm³/mol. The molecule has 1 saturated carbocycles. The Morgan fingerprint density at radius 1 is 1.14 bits per heavy atom. The maximum Gasteiger partial charge on any atom is 0.124 e. The Bertz CT molecular complexity index is 78.1. The summed E-state index contributed by atoms with van der Waals surface area (Å²) in [6.45, 7) is 4.12. The van der Waals surface area contributed by atoms with Gasteiger partial charge in [0.1, 0.15) is 4.33 Å². The van der Waals surface area contributed by atoms with Crippen LogP contribution in [-0.2, 0) is 0 Å². The molecule has 0 amide bonds. The summed E-state index contributed by atoms with van der Waals surface area (Å²) in [7, 11) is 0. The van der Waals surface area contributed by atoms with Crippen LogP contribution in [0.1, 0.15) is 13.8 Å². The third-order valence-electron chi connectivity index (χ3n) is 1.86. The first kappa shape index (κ1) is 5.71. The van der Waals surface area contributed by atoms with E-state index in [9.17, 15) is 0 Å². The zero-order valence-corrected chi connectivity index (χ0v) is 5.92. The van der Waals surface area contributed by atoms with Crippen LogP contribution in [0, 0.1) is 11.8 Å². The monoisotopic (exact) mass is 138 g/mol. The maximum atomic E-state index is 5.71. The highest BCUT2D eigenvalue weighted by atomic mass is 35.5. The molecular formula is C5H8Cl2. The molecule has 0 radical (unpaired) electrons. The second kappa shape index (κ2) is 1.29. The van der Waals surface area contributed by atoms with Crippen molar-refractivity contribution in [1.29, 1.82) is 0 Å². The summed E-state index contributed by atoms with van der Waals surface area (Å²) in [5.74, 6) is 0.992. The predicted octanol–water partition coefficient (Wildman–Crippen LogP) is 2.45. The molecule has 0 aromatic heterocycles. The van der Waals surface area contributed by atoms with Crippen molar-refractivity contribution in [2.24, 2.45) is 11.8 Å². The molecule has 0 aromatic rings. The Labute approximate surface area is 53.8 Å². The molecule has 1 fully saturated rings. The second-order valence-corrected chi connectivity index (χ2v) is 3.70. The normalized spacial score (nSPS) is 46.3. The minimum atomic E-state index is -0.389. The van der Waals surface area contributed by atoms with Gasteiger partial charge in [0.25, 0.3) is 0 Å². The molecule has 0 unspecified atom stereocenters. The first-order chi connectivity index (χ1) is 3.07. The Morgan fingerprint density at radius 2 is 1.29 bits per heavy atom. The molecule has 1 aliphatic rings. The van der Waals surface area contributed by atoms with E-state index in [0.717, 1.165) is 0 Å². The third kappa shape index (κ3) is 0.649. The van der Waals surface area contributed by atoms with E-state index < -0.39 is 0 Å². The van der Waals surface area contributed by atoms with Gasteiger partial charge in [-0.2, -0.15) is 0 Å². The maximum absolute atomic E-state index is 5.71. The third-order valence-corrected chi connectivity index (χ3v) is 3.23. The van der Waals surface area contributed by atoms with Gasteiger partial charge in [0.05, 0.1) is 0 Å². The van der Waals surface area contributed by atoms with Gasteiger partial charge in [-0.25, -0.2) is 0 Å². The first-order valence-corrected chi connectivity index (χ1v) is 3.20. The van der Waals surface area contributed by atoms with E-state index in [0.29, 0.717) is 11.8 Å². The van der Waals surface area contributed by atoms with Gasteiger partial charge in [-0.1, -0.05) is 13.8 Å². The number of rotatable bonds is 0. The smallest absolute Gasteiger partial charge is 0.101 e. The van der Waals surface area contributed by atoms with Crippen molar-refractivity contribution in [3.05, 3.63) is 0 Å². The fourth-order valence-electron chi connectivity index (χ4n) is 0.674. The lowest BCUT2D eigenvalue weighted by Gasteiger charge is -1.87. The molecule has 7 heavy (non-hydrogen) atoms. The van der Waals surface area contributed by atoms with Crippen LogP contribution >= 0.6 is 23.2 Å². The lowest BCUT2D eigenvalue weighted by molar-refractivity contribution is 0.834. The number of halogens is 2. The Kier molecular flexibility index (Phi) is 1.06. The van der Waals surface area contributed by atoms with Gasteiger partial charge < -0.3 is 0 Å². The van der Waals surface area contributed by atoms with Gasteiger partial charge in [0.15, 0.2) is 0 Å². The van der Waals surface area contributed by atoms with Crippen LogP contribution in [-0.4, -0.2) is 4.33 Å². The molecule has 0 aliphatic heterocycles. The Balaban J connectivity index is 2.52. The summed E-state index contributed by atoms with van der Waals surface area (Å²) in [4.78, 5) is 0. The van der Waals surface area contributed by atoms with E-state index in [4.69, 9.17) is 23.2 Å².